The Bertz CT molecular complexity index is 2050. The molecule has 6 aromatic rings. The molecule has 1 aliphatic heterocycles. The van der Waals surface area contributed by atoms with E-state index >= 15 is 0 Å². The minimum atomic E-state index is -0.792. The Labute approximate surface area is 247 Å². The number of benzene rings is 6. The first-order valence-corrected chi connectivity index (χ1v) is 16.1. The van der Waals surface area contributed by atoms with Crippen LogP contribution < -0.4 is 4.67 Å². The summed E-state index contributed by atoms with van der Waals surface area (Å²) in [5.41, 5.74) is 9.86. The Morgan fingerprint density at radius 3 is 1.76 bits per heavy atom. The molecule has 8 rings (SSSR count). The SMILES string of the molecule is CP1N=C2C(c3cccc4cccc(-c5ccccc5)c34)=CC=CC2N1c1cccc2cccc(-c3ccccc3)c12. The third kappa shape index (κ3) is 4.03. The van der Waals surface area contributed by atoms with Crippen molar-refractivity contribution < 1.29 is 0 Å². The summed E-state index contributed by atoms with van der Waals surface area (Å²) < 4.78 is 7.99. The van der Waals surface area contributed by atoms with Gasteiger partial charge in [0, 0.05) is 11.0 Å². The van der Waals surface area contributed by atoms with Crippen LogP contribution >= 0.6 is 8.22 Å². The van der Waals surface area contributed by atoms with Gasteiger partial charge in [-0.1, -0.05) is 146 Å². The van der Waals surface area contributed by atoms with Crippen molar-refractivity contribution in [2.45, 2.75) is 6.04 Å². The number of anilines is 1. The average molecular weight is 557 g/mol. The van der Waals surface area contributed by atoms with E-state index in [1.807, 2.05) is 0 Å². The highest BCUT2D eigenvalue weighted by molar-refractivity contribution is 7.58. The van der Waals surface area contributed by atoms with Gasteiger partial charge < -0.3 is 4.67 Å². The number of nitrogens with zero attached hydrogens (tertiary/aromatic N) is 2. The Hall–Kier alpha value is -4.78. The van der Waals surface area contributed by atoms with Gasteiger partial charge in [0.05, 0.1) is 17.4 Å². The van der Waals surface area contributed by atoms with E-state index < -0.39 is 8.22 Å². The zero-order valence-corrected chi connectivity index (χ0v) is 24.2. The van der Waals surface area contributed by atoms with Crippen LogP contribution in [0.4, 0.5) is 5.69 Å². The van der Waals surface area contributed by atoms with E-state index in [1.54, 1.807) is 0 Å². The molecule has 0 radical (unpaired) electrons. The van der Waals surface area contributed by atoms with E-state index in [0.29, 0.717) is 0 Å². The van der Waals surface area contributed by atoms with E-state index in [2.05, 4.69) is 163 Å². The van der Waals surface area contributed by atoms with Crippen molar-refractivity contribution in [1.29, 1.82) is 0 Å². The fourth-order valence-corrected chi connectivity index (χ4v) is 8.27. The van der Waals surface area contributed by atoms with Gasteiger partial charge in [-0.15, -0.1) is 0 Å². The lowest BCUT2D eigenvalue weighted by Crippen LogP contribution is -2.33. The summed E-state index contributed by atoms with van der Waals surface area (Å²) in [6, 6.07) is 48.2. The number of rotatable bonds is 4. The third-order valence-corrected chi connectivity index (χ3v) is 10.0. The summed E-state index contributed by atoms with van der Waals surface area (Å²) in [7, 11) is -0.792. The van der Waals surface area contributed by atoms with Gasteiger partial charge in [0.25, 0.3) is 0 Å². The van der Waals surface area contributed by atoms with Gasteiger partial charge in [-0.3, -0.25) is 0 Å². The summed E-state index contributed by atoms with van der Waals surface area (Å²) in [4.78, 5) is 0. The van der Waals surface area contributed by atoms with Gasteiger partial charge in [0.15, 0.2) is 0 Å². The van der Waals surface area contributed by atoms with E-state index in [-0.39, 0.29) is 6.04 Å². The molecule has 6 aromatic carbocycles. The predicted molar refractivity (Wildman–Crippen MR) is 182 cm³/mol. The van der Waals surface area contributed by atoms with Crippen LogP contribution in [0.15, 0.2) is 156 Å². The van der Waals surface area contributed by atoms with E-state index in [1.165, 1.54) is 60.6 Å². The van der Waals surface area contributed by atoms with Crippen molar-refractivity contribution in [2.75, 3.05) is 11.3 Å². The van der Waals surface area contributed by atoms with Crippen LogP contribution in [0.1, 0.15) is 5.56 Å². The Kier molecular flexibility index (Phi) is 6.09. The lowest BCUT2D eigenvalue weighted by Gasteiger charge is -2.31. The van der Waals surface area contributed by atoms with Crippen LogP contribution in [0.3, 0.4) is 0 Å². The molecule has 3 heteroatoms. The number of allylic oxidation sites excluding steroid dienone is 2. The molecule has 0 aromatic heterocycles. The zero-order valence-electron chi connectivity index (χ0n) is 23.4. The highest BCUT2D eigenvalue weighted by Crippen LogP contribution is 2.54. The normalized spacial score (nSPS) is 17.8. The monoisotopic (exact) mass is 556 g/mol. The molecule has 0 fully saturated rings. The smallest absolute Gasteiger partial charge is 0.114 e. The van der Waals surface area contributed by atoms with Crippen LogP contribution in [0.5, 0.6) is 0 Å². The molecule has 200 valence electrons. The lowest BCUT2D eigenvalue weighted by atomic mass is 9.86. The Morgan fingerprint density at radius 1 is 0.571 bits per heavy atom. The molecule has 0 saturated heterocycles. The van der Waals surface area contributed by atoms with Crippen molar-refractivity contribution in [2.24, 2.45) is 4.76 Å². The molecule has 2 nitrogen and oxygen atoms in total. The maximum absolute atomic E-state index is 5.43. The molecule has 0 bridgehead atoms. The largest absolute Gasteiger partial charge is 0.319 e. The molecular weight excluding hydrogens is 527 g/mol. The topological polar surface area (TPSA) is 15.6 Å². The minimum absolute atomic E-state index is 0.0784. The second-order valence-corrected chi connectivity index (χ2v) is 12.5. The number of hydrogen-bond donors (Lipinski definition) is 0. The molecule has 42 heavy (non-hydrogen) atoms. The fraction of sp³-hybridized carbons (Fsp3) is 0.0513. The molecule has 0 N–H and O–H groups in total. The van der Waals surface area contributed by atoms with Gasteiger partial charge >= 0.3 is 0 Å². The zero-order chi connectivity index (χ0) is 28.0. The van der Waals surface area contributed by atoms with Crippen molar-refractivity contribution in [1.82, 2.24) is 0 Å². The highest BCUT2D eigenvalue weighted by atomic mass is 31.1. The molecule has 1 aliphatic carbocycles. The Morgan fingerprint density at radius 2 is 1.12 bits per heavy atom. The molecule has 0 spiro atoms. The van der Waals surface area contributed by atoms with E-state index in [0.717, 1.165) is 5.71 Å². The van der Waals surface area contributed by atoms with Crippen molar-refractivity contribution >= 4 is 46.7 Å². The van der Waals surface area contributed by atoms with Gasteiger partial charge in [-0.25, -0.2) is 4.76 Å². The van der Waals surface area contributed by atoms with Crippen LogP contribution in [0.25, 0.3) is 49.4 Å². The van der Waals surface area contributed by atoms with Crippen LogP contribution in [0, 0.1) is 0 Å². The number of hydrogen-bond acceptors (Lipinski definition) is 2. The van der Waals surface area contributed by atoms with Gasteiger partial charge in [0.1, 0.15) is 8.22 Å². The van der Waals surface area contributed by atoms with E-state index in [9.17, 15) is 0 Å². The van der Waals surface area contributed by atoms with Crippen molar-refractivity contribution in [3.63, 3.8) is 0 Å². The summed E-state index contributed by atoms with van der Waals surface area (Å²) in [6.07, 6.45) is 6.81. The summed E-state index contributed by atoms with van der Waals surface area (Å²) in [5, 5.41) is 5.07. The first-order chi connectivity index (χ1) is 20.8. The molecular formula is C39H29N2P. The van der Waals surface area contributed by atoms with Gasteiger partial charge in [-0.2, -0.15) is 0 Å². The van der Waals surface area contributed by atoms with Gasteiger partial charge in [0.2, 0.25) is 0 Å². The maximum Gasteiger partial charge on any atom is 0.114 e. The Balaban J connectivity index is 1.27. The fourth-order valence-electron chi connectivity index (χ4n) is 6.61. The summed E-state index contributed by atoms with van der Waals surface area (Å²) in [5.74, 6) is 0. The lowest BCUT2D eigenvalue weighted by molar-refractivity contribution is 1.08. The van der Waals surface area contributed by atoms with E-state index in [4.69, 9.17) is 4.76 Å². The number of fused-ring (bicyclic) bond motifs is 3. The minimum Gasteiger partial charge on any atom is -0.319 e. The predicted octanol–water partition coefficient (Wildman–Crippen LogP) is 10.6. The molecule has 2 aliphatic rings. The van der Waals surface area contributed by atoms with Crippen LogP contribution in [-0.2, 0) is 0 Å². The first-order valence-electron chi connectivity index (χ1n) is 14.4. The quantitative estimate of drug-likeness (QED) is 0.197. The van der Waals surface area contributed by atoms with Crippen LogP contribution in [0.2, 0.25) is 0 Å². The highest BCUT2D eigenvalue weighted by Gasteiger charge is 2.37. The van der Waals surface area contributed by atoms with Crippen molar-refractivity contribution in [3.05, 3.63) is 157 Å². The average Bonchev–Trinajstić information content (AvgIpc) is 3.40. The first kappa shape index (κ1) is 25.0. The molecule has 0 saturated carbocycles. The second kappa shape index (κ2) is 10.2. The molecule has 0 amide bonds. The maximum atomic E-state index is 5.43. The summed E-state index contributed by atoms with van der Waals surface area (Å²) >= 11 is 0. The molecule has 2 unspecified atom stereocenters. The van der Waals surface area contributed by atoms with Crippen LogP contribution in [-0.4, -0.2) is 18.4 Å². The van der Waals surface area contributed by atoms with Gasteiger partial charge in [-0.05, 0) is 56.7 Å². The molecule has 2 atom stereocenters. The standard InChI is InChI=1S/C39H29N2P/c1-42-40-39-34(33-23-10-18-29-17-8-21-31(37(29)33)27-13-4-2-5-14-27)24-12-26-36(39)41(42)35-25-11-20-30-19-9-22-32(38(30)35)28-15-6-3-7-16-28/h2-26,36H,1H3. The molecule has 1 heterocycles. The summed E-state index contributed by atoms with van der Waals surface area (Å²) in [6.45, 7) is 2.29. The second-order valence-electron chi connectivity index (χ2n) is 10.9. The third-order valence-electron chi connectivity index (χ3n) is 8.43. The van der Waals surface area contributed by atoms with Crippen molar-refractivity contribution in [3.8, 4) is 22.3 Å².